The minimum absolute atomic E-state index is 0.0201. The quantitative estimate of drug-likeness (QED) is 0.353. The zero-order valence-electron chi connectivity index (χ0n) is 16.6. The average molecular weight is 401 g/mol. The molecule has 1 fully saturated rings. The van der Waals surface area contributed by atoms with Crippen LogP contribution in [-0.2, 0) is 6.54 Å². The largest absolute Gasteiger partial charge is 0.363 e. The predicted molar refractivity (Wildman–Crippen MR) is 117 cm³/mol. The van der Waals surface area contributed by atoms with E-state index in [4.69, 9.17) is 0 Å². The van der Waals surface area contributed by atoms with Crippen molar-refractivity contribution in [1.82, 2.24) is 4.90 Å². The molecule has 1 aliphatic heterocycles. The molecule has 0 radical (unpaired) electrons. The first kappa shape index (κ1) is 19.8. The van der Waals surface area contributed by atoms with E-state index in [2.05, 4.69) is 17.0 Å². The van der Waals surface area contributed by atoms with Gasteiger partial charge in [0.15, 0.2) is 5.78 Å². The van der Waals surface area contributed by atoms with Gasteiger partial charge in [-0.15, -0.1) is 0 Å². The highest BCUT2D eigenvalue weighted by Gasteiger charge is 2.25. The third-order valence-electron chi connectivity index (χ3n) is 5.43. The van der Waals surface area contributed by atoms with Crippen molar-refractivity contribution in [2.45, 2.75) is 6.54 Å². The summed E-state index contributed by atoms with van der Waals surface area (Å²) < 4.78 is 0. The zero-order valence-corrected chi connectivity index (χ0v) is 16.6. The molecule has 0 bridgehead atoms. The molecule has 1 heterocycles. The van der Waals surface area contributed by atoms with E-state index in [1.54, 1.807) is 36.4 Å². The molecule has 0 saturated carbocycles. The molecule has 0 amide bonds. The third kappa shape index (κ3) is 4.39. The average Bonchev–Trinajstić information content (AvgIpc) is 2.80. The van der Waals surface area contributed by atoms with E-state index >= 15 is 0 Å². The standard InChI is InChI=1S/C24H23N3O3/c28-24(20-9-5-2-6-10-20)21-11-12-22(23(17-21)27(29)30)26-15-13-25(14-16-26)18-19-7-3-1-4-8-19/h1-12,17H,13-16,18H2. The van der Waals surface area contributed by atoms with Gasteiger partial charge in [-0.05, 0) is 17.7 Å². The lowest BCUT2D eigenvalue weighted by atomic mass is 10.0. The lowest BCUT2D eigenvalue weighted by Gasteiger charge is -2.35. The Morgan fingerprint density at radius 2 is 1.47 bits per heavy atom. The third-order valence-corrected chi connectivity index (χ3v) is 5.43. The van der Waals surface area contributed by atoms with Crippen LogP contribution in [-0.4, -0.2) is 41.8 Å². The zero-order chi connectivity index (χ0) is 20.9. The van der Waals surface area contributed by atoms with Crippen molar-refractivity contribution in [2.75, 3.05) is 31.1 Å². The van der Waals surface area contributed by atoms with E-state index in [1.165, 1.54) is 11.6 Å². The monoisotopic (exact) mass is 401 g/mol. The fourth-order valence-corrected chi connectivity index (χ4v) is 3.82. The van der Waals surface area contributed by atoms with Gasteiger partial charge in [-0.2, -0.15) is 0 Å². The number of rotatable bonds is 6. The molecule has 3 aromatic carbocycles. The lowest BCUT2D eigenvalue weighted by Crippen LogP contribution is -2.46. The Bertz CT molecular complexity index is 1030. The van der Waals surface area contributed by atoms with Crippen LogP contribution in [0.5, 0.6) is 0 Å². The van der Waals surface area contributed by atoms with E-state index in [0.717, 1.165) is 19.6 Å². The predicted octanol–water partition coefficient (Wildman–Crippen LogP) is 4.15. The Labute approximate surface area is 175 Å². The molecule has 3 aromatic rings. The normalized spacial score (nSPS) is 14.5. The van der Waals surface area contributed by atoms with Gasteiger partial charge in [0, 0.05) is 49.9 Å². The molecule has 0 spiro atoms. The Morgan fingerprint density at radius 1 is 0.833 bits per heavy atom. The van der Waals surface area contributed by atoms with E-state index in [-0.39, 0.29) is 11.5 Å². The summed E-state index contributed by atoms with van der Waals surface area (Å²) >= 11 is 0. The van der Waals surface area contributed by atoms with Crippen molar-refractivity contribution < 1.29 is 9.72 Å². The summed E-state index contributed by atoms with van der Waals surface area (Å²) in [6.45, 7) is 3.95. The molecular weight excluding hydrogens is 378 g/mol. The van der Waals surface area contributed by atoms with Gasteiger partial charge in [-0.3, -0.25) is 19.8 Å². The van der Waals surface area contributed by atoms with E-state index in [9.17, 15) is 14.9 Å². The van der Waals surface area contributed by atoms with Crippen LogP contribution in [0.1, 0.15) is 21.5 Å². The van der Waals surface area contributed by atoms with Crippen molar-refractivity contribution in [1.29, 1.82) is 0 Å². The van der Waals surface area contributed by atoms with Gasteiger partial charge in [-0.1, -0.05) is 60.7 Å². The fourth-order valence-electron chi connectivity index (χ4n) is 3.82. The van der Waals surface area contributed by atoms with Crippen LogP contribution in [0.25, 0.3) is 0 Å². The van der Waals surface area contributed by atoms with Crippen LogP contribution in [0.2, 0.25) is 0 Å². The van der Waals surface area contributed by atoms with Crippen molar-refractivity contribution in [3.63, 3.8) is 0 Å². The van der Waals surface area contributed by atoms with Gasteiger partial charge in [0.25, 0.3) is 5.69 Å². The van der Waals surface area contributed by atoms with Crippen LogP contribution in [0.4, 0.5) is 11.4 Å². The van der Waals surface area contributed by atoms with Crippen molar-refractivity contribution in [2.24, 2.45) is 0 Å². The number of carbonyl (C=O) groups excluding carboxylic acids is 1. The molecule has 0 unspecified atom stereocenters. The molecule has 4 rings (SSSR count). The summed E-state index contributed by atoms with van der Waals surface area (Å²) in [5, 5.41) is 11.7. The van der Waals surface area contributed by atoms with Crippen LogP contribution >= 0.6 is 0 Å². The SMILES string of the molecule is O=C(c1ccccc1)c1ccc(N2CCN(Cc3ccccc3)CC2)c([N+](=O)[O-])c1. The summed E-state index contributed by atoms with van der Waals surface area (Å²) in [6.07, 6.45) is 0. The second-order valence-electron chi connectivity index (χ2n) is 7.40. The molecule has 6 nitrogen and oxygen atoms in total. The van der Waals surface area contributed by atoms with Crippen LogP contribution in [0.3, 0.4) is 0 Å². The van der Waals surface area contributed by atoms with Gasteiger partial charge >= 0.3 is 0 Å². The molecule has 1 saturated heterocycles. The Morgan fingerprint density at radius 3 is 2.10 bits per heavy atom. The highest BCUT2D eigenvalue weighted by molar-refractivity contribution is 6.09. The lowest BCUT2D eigenvalue weighted by molar-refractivity contribution is -0.384. The maximum absolute atomic E-state index is 12.7. The summed E-state index contributed by atoms with van der Waals surface area (Å²) in [5.74, 6) is -0.210. The molecule has 0 N–H and O–H groups in total. The van der Waals surface area contributed by atoms with Crippen LogP contribution in [0.15, 0.2) is 78.9 Å². The summed E-state index contributed by atoms with van der Waals surface area (Å²) in [6, 6.07) is 23.9. The van der Waals surface area contributed by atoms with Crippen molar-refractivity contribution in [3.05, 3.63) is 106 Å². The number of anilines is 1. The van der Waals surface area contributed by atoms with Crippen molar-refractivity contribution in [3.8, 4) is 0 Å². The highest BCUT2D eigenvalue weighted by Crippen LogP contribution is 2.31. The number of nitro benzene ring substituents is 1. The molecule has 152 valence electrons. The maximum atomic E-state index is 12.7. The molecule has 0 aromatic heterocycles. The smallest absolute Gasteiger partial charge is 0.293 e. The van der Waals surface area contributed by atoms with Gasteiger partial charge in [-0.25, -0.2) is 0 Å². The Hall–Kier alpha value is -3.51. The van der Waals surface area contributed by atoms with Gasteiger partial charge in [0.1, 0.15) is 5.69 Å². The van der Waals surface area contributed by atoms with Gasteiger partial charge in [0.05, 0.1) is 4.92 Å². The Balaban J connectivity index is 1.49. The number of piperazine rings is 1. The first-order chi connectivity index (χ1) is 14.6. The van der Waals surface area contributed by atoms with E-state index in [1.807, 2.05) is 29.2 Å². The molecule has 0 atom stereocenters. The highest BCUT2D eigenvalue weighted by atomic mass is 16.6. The molecule has 0 aliphatic carbocycles. The van der Waals surface area contributed by atoms with E-state index in [0.29, 0.717) is 29.9 Å². The number of carbonyl (C=O) groups is 1. The molecule has 30 heavy (non-hydrogen) atoms. The minimum atomic E-state index is -0.395. The van der Waals surface area contributed by atoms with Crippen molar-refractivity contribution >= 4 is 17.2 Å². The number of hydrogen-bond acceptors (Lipinski definition) is 5. The first-order valence-corrected chi connectivity index (χ1v) is 10.0. The number of benzene rings is 3. The molecule has 1 aliphatic rings. The summed E-state index contributed by atoms with van der Waals surface area (Å²) in [4.78, 5) is 28.4. The van der Waals surface area contributed by atoms with Gasteiger partial charge < -0.3 is 4.90 Å². The first-order valence-electron chi connectivity index (χ1n) is 10.0. The number of nitro groups is 1. The second kappa shape index (κ2) is 8.88. The van der Waals surface area contributed by atoms with Crippen LogP contribution < -0.4 is 4.90 Å². The summed E-state index contributed by atoms with van der Waals surface area (Å²) in [7, 11) is 0. The molecular formula is C24H23N3O3. The minimum Gasteiger partial charge on any atom is -0.363 e. The number of hydrogen-bond donors (Lipinski definition) is 0. The number of nitrogens with zero attached hydrogens (tertiary/aromatic N) is 3. The Kier molecular flexibility index (Phi) is 5.86. The maximum Gasteiger partial charge on any atom is 0.293 e. The fraction of sp³-hybridized carbons (Fsp3) is 0.208. The van der Waals surface area contributed by atoms with Crippen LogP contribution in [0, 0.1) is 10.1 Å². The summed E-state index contributed by atoms with van der Waals surface area (Å²) in [5.41, 5.74) is 2.67. The number of ketones is 1. The topological polar surface area (TPSA) is 66.7 Å². The molecule has 6 heteroatoms. The van der Waals surface area contributed by atoms with E-state index < -0.39 is 4.92 Å². The second-order valence-corrected chi connectivity index (χ2v) is 7.40. The van der Waals surface area contributed by atoms with Gasteiger partial charge in [0.2, 0.25) is 0 Å².